The number of nitrogens with two attached hydrogens (primary N) is 1. The van der Waals surface area contributed by atoms with Gasteiger partial charge in [0.2, 0.25) is 0 Å². The van der Waals surface area contributed by atoms with Gasteiger partial charge in [-0.05, 0) is 30.4 Å². The third kappa shape index (κ3) is 2.36. The van der Waals surface area contributed by atoms with E-state index in [0.29, 0.717) is 6.54 Å². The lowest BCUT2D eigenvalue weighted by Gasteiger charge is -2.39. The van der Waals surface area contributed by atoms with Crippen LogP contribution in [0.4, 0.5) is 0 Å². The van der Waals surface area contributed by atoms with Crippen molar-refractivity contribution in [3.8, 4) is 12.3 Å². The first-order chi connectivity index (χ1) is 8.32. The van der Waals surface area contributed by atoms with Crippen LogP contribution in [0.3, 0.4) is 0 Å². The van der Waals surface area contributed by atoms with Crippen molar-refractivity contribution in [2.75, 3.05) is 13.1 Å². The second-order valence-corrected chi connectivity index (χ2v) is 4.68. The molecule has 1 aromatic carbocycles. The van der Waals surface area contributed by atoms with E-state index in [1.54, 1.807) is 0 Å². The van der Waals surface area contributed by atoms with Crippen LogP contribution >= 0.6 is 0 Å². The Morgan fingerprint density at radius 1 is 1.41 bits per heavy atom. The van der Waals surface area contributed by atoms with Crippen molar-refractivity contribution >= 4 is 0 Å². The molecule has 0 bridgehead atoms. The zero-order chi connectivity index (χ0) is 12.1. The van der Waals surface area contributed by atoms with Crippen molar-refractivity contribution in [2.24, 2.45) is 5.73 Å². The van der Waals surface area contributed by atoms with Gasteiger partial charge in [-0.25, -0.2) is 0 Å². The van der Waals surface area contributed by atoms with E-state index >= 15 is 0 Å². The van der Waals surface area contributed by atoms with E-state index < -0.39 is 0 Å². The van der Waals surface area contributed by atoms with Gasteiger partial charge in [0.1, 0.15) is 0 Å². The highest BCUT2D eigenvalue weighted by molar-refractivity contribution is 5.36. The maximum absolute atomic E-state index is 6.02. The number of hydrogen-bond donors (Lipinski definition) is 2. The molecule has 1 aliphatic carbocycles. The topological polar surface area (TPSA) is 38.0 Å². The summed E-state index contributed by atoms with van der Waals surface area (Å²) in [4.78, 5) is 0. The Labute approximate surface area is 104 Å². The molecule has 90 valence electrons. The highest BCUT2D eigenvalue weighted by atomic mass is 15.0. The van der Waals surface area contributed by atoms with Crippen molar-refractivity contribution < 1.29 is 0 Å². The Balaban J connectivity index is 2.26. The number of hydrogen-bond acceptors (Lipinski definition) is 2. The molecular formula is C15H20N2. The lowest BCUT2D eigenvalue weighted by Crippen LogP contribution is -2.50. The van der Waals surface area contributed by atoms with E-state index in [9.17, 15) is 0 Å². The van der Waals surface area contributed by atoms with E-state index in [0.717, 1.165) is 25.8 Å². The molecule has 0 saturated carbocycles. The number of terminal acetylenes is 1. The molecule has 1 aromatic rings. The minimum Gasteiger partial charge on any atom is -0.328 e. The fourth-order valence-electron chi connectivity index (χ4n) is 2.76. The summed E-state index contributed by atoms with van der Waals surface area (Å²) in [6, 6.07) is 8.61. The molecule has 2 rings (SSSR count). The molecule has 1 unspecified atom stereocenters. The Morgan fingerprint density at radius 3 is 3.00 bits per heavy atom. The van der Waals surface area contributed by atoms with Gasteiger partial charge in [0.25, 0.3) is 0 Å². The summed E-state index contributed by atoms with van der Waals surface area (Å²) in [6.07, 6.45) is 9.51. The maximum Gasteiger partial charge on any atom is 0.0561 e. The number of fused-ring (bicyclic) bond motifs is 1. The quantitative estimate of drug-likeness (QED) is 0.609. The van der Waals surface area contributed by atoms with Crippen molar-refractivity contribution in [2.45, 2.75) is 31.2 Å². The summed E-state index contributed by atoms with van der Waals surface area (Å²) < 4.78 is 0. The van der Waals surface area contributed by atoms with E-state index in [2.05, 4.69) is 35.5 Å². The van der Waals surface area contributed by atoms with Gasteiger partial charge >= 0.3 is 0 Å². The molecule has 0 aliphatic heterocycles. The van der Waals surface area contributed by atoms with Crippen LogP contribution < -0.4 is 11.1 Å². The van der Waals surface area contributed by atoms with E-state index in [1.165, 1.54) is 17.5 Å². The Kier molecular flexibility index (Phi) is 3.83. The van der Waals surface area contributed by atoms with E-state index in [-0.39, 0.29) is 5.54 Å². The standard InChI is InChI=1S/C15H20N2/c1-2-3-11-17-15(12-16)10-6-8-13-7-4-5-9-14(13)15/h1,4-5,7,9,17H,3,6,8,10-12,16H2. The molecule has 17 heavy (non-hydrogen) atoms. The van der Waals surface area contributed by atoms with Gasteiger partial charge in [-0.15, -0.1) is 12.3 Å². The highest BCUT2D eigenvalue weighted by Gasteiger charge is 2.34. The first-order valence-electron chi connectivity index (χ1n) is 6.29. The highest BCUT2D eigenvalue weighted by Crippen LogP contribution is 2.34. The molecule has 0 aromatic heterocycles. The van der Waals surface area contributed by atoms with Gasteiger partial charge in [-0.2, -0.15) is 0 Å². The summed E-state index contributed by atoms with van der Waals surface area (Å²) in [5.74, 6) is 2.67. The fraction of sp³-hybridized carbons (Fsp3) is 0.467. The third-order valence-electron chi connectivity index (χ3n) is 3.66. The van der Waals surface area contributed by atoms with Gasteiger partial charge in [0.05, 0.1) is 5.54 Å². The molecule has 0 saturated heterocycles. The SMILES string of the molecule is C#CCCNC1(CN)CCCc2ccccc21. The zero-order valence-corrected chi connectivity index (χ0v) is 10.2. The summed E-state index contributed by atoms with van der Waals surface area (Å²) in [5, 5.41) is 3.57. The number of aryl methyl sites for hydroxylation is 1. The predicted molar refractivity (Wildman–Crippen MR) is 71.6 cm³/mol. The molecule has 0 heterocycles. The van der Waals surface area contributed by atoms with Gasteiger partial charge in [-0.1, -0.05) is 24.3 Å². The normalized spacial score (nSPS) is 22.8. The Morgan fingerprint density at radius 2 is 2.24 bits per heavy atom. The lowest BCUT2D eigenvalue weighted by atomic mass is 9.76. The molecule has 0 radical (unpaired) electrons. The average molecular weight is 228 g/mol. The minimum atomic E-state index is -0.0638. The Hall–Kier alpha value is -1.30. The molecule has 0 amide bonds. The van der Waals surface area contributed by atoms with Gasteiger partial charge in [0.15, 0.2) is 0 Å². The monoisotopic (exact) mass is 228 g/mol. The smallest absolute Gasteiger partial charge is 0.0561 e. The Bertz CT molecular complexity index is 419. The maximum atomic E-state index is 6.02. The summed E-state index contributed by atoms with van der Waals surface area (Å²) in [7, 11) is 0. The summed E-state index contributed by atoms with van der Waals surface area (Å²) in [6.45, 7) is 1.47. The minimum absolute atomic E-state index is 0.0638. The van der Waals surface area contributed by atoms with Crippen LogP contribution in [0.2, 0.25) is 0 Å². The molecule has 1 atom stereocenters. The van der Waals surface area contributed by atoms with Crippen LogP contribution in [-0.4, -0.2) is 13.1 Å². The number of rotatable bonds is 4. The van der Waals surface area contributed by atoms with Gasteiger partial charge in [-0.3, -0.25) is 0 Å². The van der Waals surface area contributed by atoms with Crippen LogP contribution in [0.5, 0.6) is 0 Å². The van der Waals surface area contributed by atoms with Gasteiger partial charge < -0.3 is 11.1 Å². The van der Waals surface area contributed by atoms with E-state index in [1.807, 2.05) is 0 Å². The third-order valence-corrected chi connectivity index (χ3v) is 3.66. The number of benzene rings is 1. The molecule has 0 spiro atoms. The van der Waals surface area contributed by atoms with Crippen LogP contribution in [0.25, 0.3) is 0 Å². The van der Waals surface area contributed by atoms with E-state index in [4.69, 9.17) is 12.2 Å². The predicted octanol–water partition coefficient (Wildman–Crippen LogP) is 1.79. The molecule has 1 aliphatic rings. The first kappa shape index (κ1) is 12.2. The van der Waals surface area contributed by atoms with Crippen molar-refractivity contribution in [3.05, 3.63) is 35.4 Å². The van der Waals surface area contributed by atoms with Gasteiger partial charge in [0, 0.05) is 19.5 Å². The molecular weight excluding hydrogens is 208 g/mol. The van der Waals surface area contributed by atoms with Crippen molar-refractivity contribution in [3.63, 3.8) is 0 Å². The van der Waals surface area contributed by atoms with Crippen molar-refractivity contribution in [1.29, 1.82) is 0 Å². The molecule has 3 N–H and O–H groups in total. The summed E-state index contributed by atoms with van der Waals surface area (Å²) in [5.41, 5.74) is 8.75. The number of nitrogens with one attached hydrogen (secondary N) is 1. The molecule has 2 nitrogen and oxygen atoms in total. The molecule has 0 fully saturated rings. The second kappa shape index (κ2) is 5.35. The van der Waals surface area contributed by atoms with Crippen LogP contribution in [-0.2, 0) is 12.0 Å². The molecule has 2 heteroatoms. The second-order valence-electron chi connectivity index (χ2n) is 4.68. The fourth-order valence-corrected chi connectivity index (χ4v) is 2.76. The zero-order valence-electron chi connectivity index (χ0n) is 10.2. The largest absolute Gasteiger partial charge is 0.328 e. The van der Waals surface area contributed by atoms with Crippen molar-refractivity contribution in [1.82, 2.24) is 5.32 Å². The van der Waals surface area contributed by atoms with Crippen LogP contribution in [0.15, 0.2) is 24.3 Å². The van der Waals surface area contributed by atoms with Crippen LogP contribution in [0.1, 0.15) is 30.4 Å². The summed E-state index contributed by atoms with van der Waals surface area (Å²) >= 11 is 0. The first-order valence-corrected chi connectivity index (χ1v) is 6.29. The lowest BCUT2D eigenvalue weighted by molar-refractivity contribution is 0.296. The average Bonchev–Trinajstić information content (AvgIpc) is 2.39. The van der Waals surface area contributed by atoms with Crippen LogP contribution in [0, 0.1) is 12.3 Å².